The number of halogens is 2. The molecule has 0 bridgehead atoms. The van der Waals surface area contributed by atoms with E-state index >= 15 is 0 Å². The Labute approximate surface area is 183 Å². The topological polar surface area (TPSA) is 101 Å². The van der Waals surface area contributed by atoms with Crippen LogP contribution >= 0.6 is 11.8 Å². The number of carbonyl (C=O) groups excluding carboxylic acids is 1. The Hall–Kier alpha value is -2.88. The molecule has 0 aliphatic carbocycles. The second-order valence-electron chi connectivity index (χ2n) is 7.64. The zero-order chi connectivity index (χ0) is 22.1. The second-order valence-corrected chi connectivity index (χ2v) is 8.99. The van der Waals surface area contributed by atoms with E-state index in [4.69, 9.17) is 11.5 Å². The first-order valence-electron chi connectivity index (χ1n) is 10.1. The Bertz CT molecular complexity index is 1030. The van der Waals surface area contributed by atoms with Crippen molar-refractivity contribution in [3.8, 4) is 0 Å². The van der Waals surface area contributed by atoms with Crippen molar-refractivity contribution >= 4 is 35.0 Å². The maximum Gasteiger partial charge on any atom is 0.266 e. The van der Waals surface area contributed by atoms with Gasteiger partial charge in [-0.15, -0.1) is 11.8 Å². The van der Waals surface area contributed by atoms with Crippen LogP contribution in [0.3, 0.4) is 0 Å². The third kappa shape index (κ3) is 4.43. The molecule has 0 aromatic carbocycles. The van der Waals surface area contributed by atoms with Gasteiger partial charge in [-0.2, -0.15) is 4.39 Å². The quantitative estimate of drug-likeness (QED) is 0.681. The normalized spacial score (nSPS) is 20.5. The molecule has 10 heteroatoms. The lowest BCUT2D eigenvalue weighted by atomic mass is 10.1. The van der Waals surface area contributed by atoms with E-state index < -0.39 is 17.4 Å². The molecule has 0 saturated carbocycles. The number of alkyl halides is 1. The van der Waals surface area contributed by atoms with Crippen molar-refractivity contribution in [2.75, 3.05) is 35.2 Å². The van der Waals surface area contributed by atoms with E-state index in [1.807, 2.05) is 0 Å². The van der Waals surface area contributed by atoms with Gasteiger partial charge in [-0.1, -0.05) is 0 Å². The van der Waals surface area contributed by atoms with Gasteiger partial charge in [0.1, 0.15) is 17.8 Å². The van der Waals surface area contributed by atoms with Gasteiger partial charge in [-0.3, -0.25) is 4.79 Å². The van der Waals surface area contributed by atoms with Crippen molar-refractivity contribution in [1.82, 2.24) is 9.97 Å². The minimum Gasteiger partial charge on any atom is -0.401 e. The molecular weight excluding hydrogens is 422 g/mol. The van der Waals surface area contributed by atoms with Crippen LogP contribution in [0.1, 0.15) is 30.6 Å². The molecule has 2 aliphatic rings. The Morgan fingerprint density at radius 3 is 2.74 bits per heavy atom. The van der Waals surface area contributed by atoms with Crippen LogP contribution in [-0.4, -0.2) is 41.7 Å². The lowest BCUT2D eigenvalue weighted by Gasteiger charge is -2.30. The molecule has 2 aromatic heterocycles. The van der Waals surface area contributed by atoms with Gasteiger partial charge in [-0.05, 0) is 31.5 Å². The zero-order valence-corrected chi connectivity index (χ0v) is 17.9. The maximum absolute atomic E-state index is 14.8. The highest BCUT2D eigenvalue weighted by Crippen LogP contribution is 2.40. The Balaban J connectivity index is 1.52. The molecule has 2 aliphatic heterocycles. The molecule has 2 aromatic rings. The standard InChI is InChI=1S/C21H24F2N6OS/c1-12(15-2-3-18(27-20(15)23)28-8-5-13(22)11-28)31-19-16(24)6-9-29(21(19)30)14-4-7-26-17(25)10-14/h2-4,7,10,12-13H,5-6,8-9,11,24H2,1H3,(H2,25,26). The molecule has 4 heterocycles. The number of hydrogen-bond donors (Lipinski definition) is 2. The predicted molar refractivity (Wildman–Crippen MR) is 119 cm³/mol. The van der Waals surface area contributed by atoms with E-state index in [0.29, 0.717) is 59.4 Å². The number of thioether (sulfide) groups is 1. The average Bonchev–Trinajstić information content (AvgIpc) is 3.17. The number of anilines is 3. The number of nitrogens with zero attached hydrogens (tertiary/aromatic N) is 4. The fourth-order valence-electron chi connectivity index (χ4n) is 3.76. The van der Waals surface area contributed by atoms with Gasteiger partial charge in [-0.25, -0.2) is 14.4 Å². The van der Waals surface area contributed by atoms with Gasteiger partial charge < -0.3 is 21.3 Å². The summed E-state index contributed by atoms with van der Waals surface area (Å²) in [5.41, 5.74) is 13.4. The summed E-state index contributed by atoms with van der Waals surface area (Å²) in [5.74, 6) is -0.128. The summed E-state index contributed by atoms with van der Waals surface area (Å²) in [4.78, 5) is 24.8. The van der Waals surface area contributed by atoms with Crippen LogP contribution < -0.4 is 21.3 Å². The highest BCUT2D eigenvalue weighted by molar-refractivity contribution is 8.04. The van der Waals surface area contributed by atoms with Crippen molar-refractivity contribution in [3.05, 3.63) is 52.6 Å². The molecule has 0 radical (unpaired) electrons. The number of nitrogens with two attached hydrogens (primary N) is 2. The zero-order valence-electron chi connectivity index (χ0n) is 17.1. The number of amides is 1. The maximum atomic E-state index is 14.8. The first-order valence-corrected chi connectivity index (χ1v) is 11.0. The van der Waals surface area contributed by atoms with Crippen LogP contribution in [0.5, 0.6) is 0 Å². The van der Waals surface area contributed by atoms with Gasteiger partial charge >= 0.3 is 0 Å². The number of hydrogen-bond acceptors (Lipinski definition) is 7. The lowest BCUT2D eigenvalue weighted by molar-refractivity contribution is -0.114. The summed E-state index contributed by atoms with van der Waals surface area (Å²) >= 11 is 1.21. The van der Waals surface area contributed by atoms with Crippen molar-refractivity contribution < 1.29 is 13.6 Å². The predicted octanol–water partition coefficient (Wildman–Crippen LogP) is 3.15. The van der Waals surface area contributed by atoms with Crippen LogP contribution in [-0.2, 0) is 4.79 Å². The summed E-state index contributed by atoms with van der Waals surface area (Å²) < 4.78 is 28.2. The Morgan fingerprint density at radius 1 is 1.26 bits per heavy atom. The van der Waals surface area contributed by atoms with Crippen LogP contribution in [0.2, 0.25) is 0 Å². The highest BCUT2D eigenvalue weighted by atomic mass is 32.2. The number of pyridine rings is 2. The van der Waals surface area contributed by atoms with Crippen molar-refractivity contribution in [2.45, 2.75) is 31.2 Å². The smallest absolute Gasteiger partial charge is 0.266 e. The summed E-state index contributed by atoms with van der Waals surface area (Å²) in [7, 11) is 0. The van der Waals surface area contributed by atoms with Crippen molar-refractivity contribution in [2.24, 2.45) is 5.73 Å². The average molecular weight is 447 g/mol. The number of carbonyl (C=O) groups is 1. The molecule has 1 saturated heterocycles. The van der Waals surface area contributed by atoms with Crippen LogP contribution in [0.4, 0.5) is 26.1 Å². The highest BCUT2D eigenvalue weighted by Gasteiger charge is 2.30. The van der Waals surface area contributed by atoms with Gasteiger partial charge in [0.25, 0.3) is 5.91 Å². The first kappa shape index (κ1) is 21.4. The molecule has 2 unspecified atom stereocenters. The number of nitrogen functional groups attached to an aromatic ring is 1. The minimum atomic E-state index is -0.912. The SMILES string of the molecule is CC(SC1=C(N)CCN(c2ccnc(N)c2)C1=O)c1ccc(N2CCC(F)C2)nc1F. The largest absolute Gasteiger partial charge is 0.401 e. The van der Waals surface area contributed by atoms with E-state index in [2.05, 4.69) is 9.97 Å². The molecule has 1 fully saturated rings. The Kier molecular flexibility index (Phi) is 5.99. The summed E-state index contributed by atoms with van der Waals surface area (Å²) in [6.07, 6.45) is 1.56. The number of aromatic nitrogens is 2. The monoisotopic (exact) mass is 446 g/mol. The molecule has 0 spiro atoms. The van der Waals surface area contributed by atoms with Crippen molar-refractivity contribution in [3.63, 3.8) is 0 Å². The molecule has 4 rings (SSSR count). The fraction of sp³-hybridized carbons (Fsp3) is 0.381. The molecule has 7 nitrogen and oxygen atoms in total. The van der Waals surface area contributed by atoms with Gasteiger partial charge in [0, 0.05) is 54.0 Å². The lowest BCUT2D eigenvalue weighted by Crippen LogP contribution is -2.38. The molecule has 2 atom stereocenters. The molecule has 4 N–H and O–H groups in total. The minimum absolute atomic E-state index is 0.226. The van der Waals surface area contributed by atoms with Crippen LogP contribution in [0.25, 0.3) is 0 Å². The van der Waals surface area contributed by atoms with Gasteiger partial charge in [0.15, 0.2) is 0 Å². The number of rotatable bonds is 5. The van der Waals surface area contributed by atoms with E-state index in [9.17, 15) is 13.6 Å². The summed E-state index contributed by atoms with van der Waals surface area (Å²) in [6.45, 7) is 2.98. The van der Waals surface area contributed by atoms with E-state index in [-0.39, 0.29) is 12.5 Å². The third-order valence-electron chi connectivity index (χ3n) is 5.46. The van der Waals surface area contributed by atoms with Gasteiger partial charge in [0.05, 0.1) is 11.4 Å². The van der Waals surface area contributed by atoms with E-state index in [1.54, 1.807) is 47.2 Å². The fourth-order valence-corrected chi connectivity index (χ4v) is 4.89. The molecular formula is C21H24F2N6OS. The van der Waals surface area contributed by atoms with Crippen LogP contribution in [0, 0.1) is 5.95 Å². The van der Waals surface area contributed by atoms with E-state index in [0.717, 1.165) is 0 Å². The Morgan fingerprint density at radius 2 is 2.06 bits per heavy atom. The second kappa shape index (κ2) is 8.70. The van der Waals surface area contributed by atoms with E-state index in [1.165, 1.54) is 11.8 Å². The third-order valence-corrected chi connectivity index (χ3v) is 6.74. The van der Waals surface area contributed by atoms with Crippen molar-refractivity contribution in [1.29, 1.82) is 0 Å². The molecule has 31 heavy (non-hydrogen) atoms. The molecule has 1 amide bonds. The molecule has 164 valence electrons. The van der Waals surface area contributed by atoms with Gasteiger partial charge in [0.2, 0.25) is 5.95 Å². The van der Waals surface area contributed by atoms with Crippen LogP contribution in [0.15, 0.2) is 41.1 Å². The summed E-state index contributed by atoms with van der Waals surface area (Å²) in [6, 6.07) is 6.68. The summed E-state index contributed by atoms with van der Waals surface area (Å²) in [5, 5.41) is -0.394. The first-order chi connectivity index (χ1) is 14.8.